The highest BCUT2D eigenvalue weighted by Crippen LogP contribution is 2.12. The third-order valence-corrected chi connectivity index (χ3v) is 3.24. The van der Waals surface area contributed by atoms with E-state index in [9.17, 15) is 9.59 Å². The third kappa shape index (κ3) is 2.92. The Bertz CT molecular complexity index is 405. The Morgan fingerprint density at radius 3 is 2.73 bits per heavy atom. The summed E-state index contributed by atoms with van der Waals surface area (Å²) in [6.45, 7) is 4.44. The Balaban J connectivity index is 2.75. The van der Waals surface area contributed by atoms with Crippen LogP contribution in [0.5, 0.6) is 0 Å². The first-order valence-electron chi connectivity index (χ1n) is 4.97. The third-order valence-electron chi connectivity index (χ3n) is 2.30. The van der Waals surface area contributed by atoms with Crippen LogP contribution in [0.25, 0.3) is 0 Å². The molecule has 4 nitrogen and oxygen atoms in total. The molecule has 0 atom stereocenters. The number of aryl methyl sites for hydroxylation is 1. The molecule has 5 heteroatoms. The van der Waals surface area contributed by atoms with Crippen LogP contribution in [0.4, 0.5) is 0 Å². The first-order valence-corrected chi connectivity index (χ1v) is 5.78. The van der Waals surface area contributed by atoms with Crippen molar-refractivity contribution in [2.24, 2.45) is 0 Å². The number of hydrogen-bond donors (Lipinski definition) is 1. The van der Waals surface area contributed by atoms with Gasteiger partial charge in [-0.25, -0.2) is 0 Å². The van der Waals surface area contributed by atoms with Crippen molar-refractivity contribution in [2.75, 3.05) is 0 Å². The van der Waals surface area contributed by atoms with Crippen LogP contribution in [-0.2, 0) is 17.8 Å². The Kier molecular flexibility index (Phi) is 4.08. The van der Waals surface area contributed by atoms with E-state index in [4.69, 9.17) is 5.11 Å². The monoisotopic (exact) mass is 229 g/mol. The minimum Gasteiger partial charge on any atom is -0.481 e. The van der Waals surface area contributed by atoms with E-state index in [1.54, 1.807) is 4.57 Å². The van der Waals surface area contributed by atoms with Gasteiger partial charge >= 0.3 is 10.8 Å². The van der Waals surface area contributed by atoms with Crippen molar-refractivity contribution >= 4 is 17.3 Å². The average Bonchev–Trinajstić information content (AvgIpc) is 2.41. The van der Waals surface area contributed by atoms with Gasteiger partial charge in [-0.05, 0) is 19.8 Å². The van der Waals surface area contributed by atoms with Gasteiger partial charge in [0.2, 0.25) is 0 Å². The molecule has 1 rings (SSSR count). The molecule has 15 heavy (non-hydrogen) atoms. The summed E-state index contributed by atoms with van der Waals surface area (Å²) in [4.78, 5) is 22.9. The summed E-state index contributed by atoms with van der Waals surface area (Å²) in [7, 11) is 0. The van der Waals surface area contributed by atoms with Gasteiger partial charge in [0.05, 0.1) is 0 Å². The molecule has 1 heterocycles. The summed E-state index contributed by atoms with van der Waals surface area (Å²) < 4.78 is 1.70. The number of nitrogens with zero attached hydrogens (tertiary/aromatic N) is 1. The predicted octanol–water partition coefficient (Wildman–Crippen LogP) is 1.65. The van der Waals surface area contributed by atoms with Crippen molar-refractivity contribution in [3.05, 3.63) is 20.2 Å². The molecule has 1 N–H and O–H groups in total. The zero-order valence-corrected chi connectivity index (χ0v) is 9.76. The Labute approximate surface area is 92.2 Å². The fraction of sp³-hybridized carbons (Fsp3) is 0.600. The summed E-state index contributed by atoms with van der Waals surface area (Å²) in [5, 5.41) is 8.51. The quantitative estimate of drug-likeness (QED) is 0.835. The van der Waals surface area contributed by atoms with Crippen molar-refractivity contribution in [1.82, 2.24) is 4.57 Å². The Hall–Kier alpha value is -1.10. The molecule has 1 aromatic heterocycles. The lowest BCUT2D eigenvalue weighted by molar-refractivity contribution is -0.137. The van der Waals surface area contributed by atoms with Gasteiger partial charge in [0.25, 0.3) is 0 Å². The zero-order chi connectivity index (χ0) is 11.4. The molecule has 0 aliphatic heterocycles. The van der Waals surface area contributed by atoms with Crippen LogP contribution < -0.4 is 4.87 Å². The summed E-state index contributed by atoms with van der Waals surface area (Å²) in [5.41, 5.74) is 1.04. The van der Waals surface area contributed by atoms with E-state index < -0.39 is 5.97 Å². The molecule has 0 radical (unpaired) electrons. The smallest absolute Gasteiger partial charge is 0.307 e. The van der Waals surface area contributed by atoms with E-state index in [2.05, 4.69) is 0 Å². The van der Waals surface area contributed by atoms with Crippen LogP contribution >= 0.6 is 11.3 Å². The molecule has 0 amide bonds. The van der Waals surface area contributed by atoms with Crippen molar-refractivity contribution in [2.45, 2.75) is 39.7 Å². The number of aliphatic carboxylic acids is 1. The molecule has 0 saturated carbocycles. The molecular weight excluding hydrogens is 214 g/mol. The zero-order valence-electron chi connectivity index (χ0n) is 8.95. The number of aromatic nitrogens is 1. The fourth-order valence-corrected chi connectivity index (χ4v) is 2.55. The molecule has 0 bridgehead atoms. The first kappa shape index (κ1) is 12.0. The largest absolute Gasteiger partial charge is 0.481 e. The molecule has 0 spiro atoms. The fourth-order valence-electron chi connectivity index (χ4n) is 1.60. The lowest BCUT2D eigenvalue weighted by atomic mass is 10.2. The highest BCUT2D eigenvalue weighted by molar-refractivity contribution is 7.09. The number of hydrogen-bond acceptors (Lipinski definition) is 3. The van der Waals surface area contributed by atoms with Crippen molar-refractivity contribution in [1.29, 1.82) is 0 Å². The second-order valence-electron chi connectivity index (χ2n) is 3.37. The summed E-state index contributed by atoms with van der Waals surface area (Å²) in [6, 6.07) is 0. The highest BCUT2D eigenvalue weighted by Gasteiger charge is 2.09. The van der Waals surface area contributed by atoms with Crippen LogP contribution in [0.15, 0.2) is 4.79 Å². The number of thiazole rings is 1. The molecule has 84 valence electrons. The average molecular weight is 229 g/mol. The first-order chi connectivity index (χ1) is 7.06. The van der Waals surface area contributed by atoms with Crippen LogP contribution in [0.3, 0.4) is 0 Å². The number of rotatable bonds is 5. The van der Waals surface area contributed by atoms with Gasteiger partial charge in [-0.3, -0.25) is 9.59 Å². The molecule has 0 aromatic carbocycles. The molecule has 0 fully saturated rings. The van der Waals surface area contributed by atoms with E-state index in [0.717, 1.165) is 17.0 Å². The lowest BCUT2D eigenvalue weighted by Crippen LogP contribution is -2.16. The molecule has 0 aliphatic rings. The van der Waals surface area contributed by atoms with Gasteiger partial charge < -0.3 is 9.67 Å². The van der Waals surface area contributed by atoms with Crippen LogP contribution in [0, 0.1) is 6.92 Å². The van der Waals surface area contributed by atoms with E-state index in [1.807, 2.05) is 13.8 Å². The molecule has 0 saturated heterocycles. The van der Waals surface area contributed by atoms with Crippen LogP contribution in [0.2, 0.25) is 0 Å². The van der Waals surface area contributed by atoms with E-state index in [-0.39, 0.29) is 11.3 Å². The molecule has 1 aromatic rings. The highest BCUT2D eigenvalue weighted by atomic mass is 32.1. The van der Waals surface area contributed by atoms with Gasteiger partial charge in [-0.15, -0.1) is 0 Å². The summed E-state index contributed by atoms with van der Waals surface area (Å²) in [5.74, 6) is -0.812. The Morgan fingerprint density at radius 1 is 1.53 bits per heavy atom. The maximum Gasteiger partial charge on any atom is 0.307 e. The Morgan fingerprint density at radius 2 is 2.20 bits per heavy atom. The molecular formula is C10H15NO3S. The second kappa shape index (κ2) is 5.11. The number of carbonyl (C=O) groups is 1. The van der Waals surface area contributed by atoms with Crippen LogP contribution in [-0.4, -0.2) is 15.6 Å². The standard InChI is InChI=1S/C10H15NO3S/c1-3-8-7(2)15-10(14)11(8)6-4-5-9(12)13/h3-6H2,1-2H3,(H,12,13). The SMILES string of the molecule is CCc1c(C)sc(=O)n1CCCC(=O)O. The van der Waals surface area contributed by atoms with Crippen molar-refractivity contribution < 1.29 is 9.90 Å². The maximum absolute atomic E-state index is 11.5. The van der Waals surface area contributed by atoms with Gasteiger partial charge in [-0.1, -0.05) is 18.3 Å². The second-order valence-corrected chi connectivity index (χ2v) is 4.54. The van der Waals surface area contributed by atoms with Crippen LogP contribution in [0.1, 0.15) is 30.3 Å². The van der Waals surface area contributed by atoms with Gasteiger partial charge in [0.1, 0.15) is 0 Å². The minimum atomic E-state index is -0.812. The normalized spacial score (nSPS) is 10.5. The maximum atomic E-state index is 11.5. The van der Waals surface area contributed by atoms with Gasteiger partial charge in [0, 0.05) is 23.5 Å². The summed E-state index contributed by atoms with van der Waals surface area (Å²) in [6.07, 6.45) is 1.44. The van der Waals surface area contributed by atoms with Crippen molar-refractivity contribution in [3.63, 3.8) is 0 Å². The number of carboxylic acids is 1. The molecule has 0 unspecified atom stereocenters. The number of carboxylic acid groups (broad SMARTS) is 1. The minimum absolute atomic E-state index is 0.0229. The topological polar surface area (TPSA) is 59.3 Å². The van der Waals surface area contributed by atoms with E-state index >= 15 is 0 Å². The van der Waals surface area contributed by atoms with Gasteiger partial charge in [0.15, 0.2) is 0 Å². The van der Waals surface area contributed by atoms with Gasteiger partial charge in [-0.2, -0.15) is 0 Å². The summed E-state index contributed by atoms with van der Waals surface area (Å²) >= 11 is 1.24. The molecule has 0 aliphatic carbocycles. The predicted molar refractivity (Wildman–Crippen MR) is 59.6 cm³/mol. The lowest BCUT2D eigenvalue weighted by Gasteiger charge is -2.05. The van der Waals surface area contributed by atoms with Crippen molar-refractivity contribution in [3.8, 4) is 0 Å². The van der Waals surface area contributed by atoms with E-state index in [1.165, 1.54) is 11.3 Å². The van der Waals surface area contributed by atoms with E-state index in [0.29, 0.717) is 13.0 Å².